The molecule has 0 N–H and O–H groups in total. The van der Waals surface area contributed by atoms with Gasteiger partial charge in [-0.05, 0) is 50.6 Å². The molecule has 0 bridgehead atoms. The van der Waals surface area contributed by atoms with Crippen molar-refractivity contribution in [2.75, 3.05) is 13.1 Å². The van der Waals surface area contributed by atoms with Gasteiger partial charge in [0, 0.05) is 30.8 Å². The van der Waals surface area contributed by atoms with Crippen LogP contribution in [0.3, 0.4) is 0 Å². The molecule has 1 saturated heterocycles. The largest absolute Gasteiger partial charge is 0.297 e. The minimum Gasteiger partial charge on any atom is -0.297 e. The van der Waals surface area contributed by atoms with Crippen molar-refractivity contribution in [1.82, 2.24) is 19.3 Å². The highest BCUT2D eigenvalue weighted by Crippen LogP contribution is 2.33. The van der Waals surface area contributed by atoms with E-state index >= 15 is 0 Å². The van der Waals surface area contributed by atoms with E-state index in [1.165, 1.54) is 16.1 Å². The van der Waals surface area contributed by atoms with Gasteiger partial charge in [0.2, 0.25) is 0 Å². The average Bonchev–Trinajstić information content (AvgIpc) is 3.12. The van der Waals surface area contributed by atoms with Crippen molar-refractivity contribution in [2.45, 2.75) is 32.2 Å². The number of para-hydroxylation sites is 1. The molecule has 1 atom stereocenters. The maximum absolute atomic E-state index is 12.5. The molecule has 5 nitrogen and oxygen atoms in total. The van der Waals surface area contributed by atoms with Crippen LogP contribution in [-0.2, 0) is 6.54 Å². The highest BCUT2D eigenvalue weighted by atomic mass is 32.1. The van der Waals surface area contributed by atoms with E-state index in [0.29, 0.717) is 12.5 Å². The summed E-state index contributed by atoms with van der Waals surface area (Å²) in [5.41, 5.74) is 3.58. The number of hydrogen-bond donors (Lipinski definition) is 0. The zero-order valence-corrected chi connectivity index (χ0v) is 16.7. The minimum absolute atomic E-state index is 0.00201. The summed E-state index contributed by atoms with van der Waals surface area (Å²) in [6.07, 6.45) is 2.32. The molecule has 28 heavy (non-hydrogen) atoms. The first kappa shape index (κ1) is 17.5. The Bertz CT molecular complexity index is 1180. The van der Waals surface area contributed by atoms with Gasteiger partial charge in [0.05, 0.1) is 20.9 Å². The van der Waals surface area contributed by atoms with Gasteiger partial charge in [-0.25, -0.2) is 9.97 Å². The first-order valence-electron chi connectivity index (χ1n) is 9.73. The average molecular weight is 391 g/mol. The molecule has 0 radical (unpaired) electrons. The number of thiazole rings is 1. The molecule has 4 aromatic rings. The van der Waals surface area contributed by atoms with Crippen molar-refractivity contribution in [3.8, 4) is 0 Å². The van der Waals surface area contributed by atoms with Gasteiger partial charge in [-0.2, -0.15) is 0 Å². The third-order valence-electron chi connectivity index (χ3n) is 5.48. The van der Waals surface area contributed by atoms with Gasteiger partial charge in [0.15, 0.2) is 0 Å². The summed E-state index contributed by atoms with van der Waals surface area (Å²) in [5.74, 6) is 0.454. The van der Waals surface area contributed by atoms with E-state index in [0.717, 1.165) is 42.1 Å². The summed E-state index contributed by atoms with van der Waals surface area (Å²) in [5, 5.41) is 1.23. The van der Waals surface area contributed by atoms with Gasteiger partial charge in [0.1, 0.15) is 5.65 Å². The quantitative estimate of drug-likeness (QED) is 0.531. The summed E-state index contributed by atoms with van der Waals surface area (Å²) in [7, 11) is 0. The van der Waals surface area contributed by atoms with Crippen molar-refractivity contribution in [3.05, 3.63) is 75.3 Å². The maximum Gasteiger partial charge on any atom is 0.258 e. The van der Waals surface area contributed by atoms with Gasteiger partial charge in [-0.15, -0.1) is 11.3 Å². The summed E-state index contributed by atoms with van der Waals surface area (Å²) in [6.45, 7) is 4.65. The number of hydrogen-bond acceptors (Lipinski definition) is 5. The van der Waals surface area contributed by atoms with Crippen LogP contribution in [0.5, 0.6) is 0 Å². The number of aryl methyl sites for hydroxylation is 1. The Morgan fingerprint density at radius 1 is 1.14 bits per heavy atom. The van der Waals surface area contributed by atoms with Crippen molar-refractivity contribution < 1.29 is 0 Å². The van der Waals surface area contributed by atoms with E-state index in [4.69, 9.17) is 9.97 Å². The molecule has 1 aliphatic heterocycles. The van der Waals surface area contributed by atoms with Crippen molar-refractivity contribution in [3.63, 3.8) is 0 Å². The zero-order chi connectivity index (χ0) is 19.1. The smallest absolute Gasteiger partial charge is 0.258 e. The molecule has 6 heteroatoms. The summed E-state index contributed by atoms with van der Waals surface area (Å²) in [6, 6.07) is 15.8. The minimum atomic E-state index is -0.00201. The van der Waals surface area contributed by atoms with Gasteiger partial charge < -0.3 is 0 Å². The molecular weight excluding hydrogens is 368 g/mol. The monoisotopic (exact) mass is 390 g/mol. The van der Waals surface area contributed by atoms with Crippen LogP contribution in [0.15, 0.2) is 53.3 Å². The van der Waals surface area contributed by atoms with Crippen LogP contribution >= 0.6 is 11.3 Å². The lowest BCUT2D eigenvalue weighted by molar-refractivity contribution is 0.198. The maximum atomic E-state index is 12.5. The Morgan fingerprint density at radius 3 is 2.93 bits per heavy atom. The third kappa shape index (κ3) is 3.23. The van der Waals surface area contributed by atoms with E-state index in [1.807, 2.05) is 42.5 Å². The highest BCUT2D eigenvalue weighted by Gasteiger charge is 2.24. The number of pyridine rings is 1. The summed E-state index contributed by atoms with van der Waals surface area (Å²) < 4.78 is 2.93. The van der Waals surface area contributed by atoms with Crippen LogP contribution in [0, 0.1) is 6.92 Å². The Labute approximate surface area is 167 Å². The van der Waals surface area contributed by atoms with E-state index < -0.39 is 0 Å². The molecule has 0 spiro atoms. The number of likely N-dealkylation sites (tertiary alicyclic amines) is 1. The lowest BCUT2D eigenvalue weighted by atomic mass is 9.98. The van der Waals surface area contributed by atoms with Crippen molar-refractivity contribution >= 4 is 27.2 Å². The lowest BCUT2D eigenvalue weighted by Crippen LogP contribution is -2.34. The molecule has 142 valence electrons. The van der Waals surface area contributed by atoms with Crippen LogP contribution in [0.4, 0.5) is 0 Å². The number of aromatic nitrogens is 3. The lowest BCUT2D eigenvalue weighted by Gasteiger charge is -2.31. The number of benzene rings is 1. The topological polar surface area (TPSA) is 50.5 Å². The standard InChI is InChI=1S/C22H22N4OS/c1-15-6-4-10-20-23-17(12-21(27)26(15)20)14-25-11-5-7-16(13-25)22-24-18-8-2-3-9-19(18)28-22/h2-4,6,8-10,12,16H,5,7,11,13-14H2,1H3/t16-/m1/s1. The predicted octanol–water partition coefficient (Wildman–Crippen LogP) is 3.99. The molecule has 3 aromatic heterocycles. The molecule has 5 rings (SSSR count). The van der Waals surface area contributed by atoms with E-state index in [-0.39, 0.29) is 5.56 Å². The zero-order valence-electron chi connectivity index (χ0n) is 15.8. The van der Waals surface area contributed by atoms with Gasteiger partial charge in [0.25, 0.3) is 5.56 Å². The number of piperidine rings is 1. The van der Waals surface area contributed by atoms with E-state index in [1.54, 1.807) is 10.5 Å². The normalized spacial score (nSPS) is 18.1. The Hall–Kier alpha value is -2.57. The van der Waals surface area contributed by atoms with Crippen LogP contribution in [-0.4, -0.2) is 32.4 Å². The van der Waals surface area contributed by atoms with E-state index in [9.17, 15) is 4.79 Å². The second-order valence-corrected chi connectivity index (χ2v) is 8.60. The SMILES string of the molecule is Cc1cccc2nc(CN3CCC[C@@H](c4nc5ccccc5s4)C3)cc(=O)n12. The molecule has 0 saturated carbocycles. The van der Waals surface area contributed by atoms with Gasteiger partial charge in [-0.1, -0.05) is 18.2 Å². The molecule has 0 unspecified atom stereocenters. The third-order valence-corrected chi connectivity index (χ3v) is 6.68. The van der Waals surface area contributed by atoms with Gasteiger partial charge >= 0.3 is 0 Å². The number of nitrogens with zero attached hydrogens (tertiary/aromatic N) is 4. The molecule has 0 amide bonds. The predicted molar refractivity (Wildman–Crippen MR) is 113 cm³/mol. The van der Waals surface area contributed by atoms with Crippen LogP contribution < -0.4 is 5.56 Å². The van der Waals surface area contributed by atoms with Crippen LogP contribution in [0.1, 0.15) is 35.2 Å². The Kier molecular flexibility index (Phi) is 4.45. The molecule has 4 heterocycles. The highest BCUT2D eigenvalue weighted by molar-refractivity contribution is 7.18. The molecular formula is C22H22N4OS. The second-order valence-electron chi connectivity index (χ2n) is 7.54. The first-order valence-corrected chi connectivity index (χ1v) is 10.6. The first-order chi connectivity index (χ1) is 13.7. The van der Waals surface area contributed by atoms with Gasteiger partial charge in [-0.3, -0.25) is 14.1 Å². The Balaban J connectivity index is 1.38. The number of fused-ring (bicyclic) bond motifs is 2. The van der Waals surface area contributed by atoms with Crippen LogP contribution in [0.25, 0.3) is 15.9 Å². The molecule has 1 aromatic carbocycles. The molecule has 1 aliphatic rings. The Morgan fingerprint density at radius 2 is 2.04 bits per heavy atom. The van der Waals surface area contributed by atoms with Crippen molar-refractivity contribution in [1.29, 1.82) is 0 Å². The second kappa shape index (κ2) is 7.11. The fraction of sp³-hybridized carbons (Fsp3) is 0.318. The van der Waals surface area contributed by atoms with Crippen molar-refractivity contribution in [2.24, 2.45) is 0 Å². The summed E-state index contributed by atoms with van der Waals surface area (Å²) in [4.78, 5) is 24.6. The fourth-order valence-corrected chi connectivity index (χ4v) is 5.23. The summed E-state index contributed by atoms with van der Waals surface area (Å²) >= 11 is 1.81. The molecule has 1 fully saturated rings. The van der Waals surface area contributed by atoms with Crippen LogP contribution in [0.2, 0.25) is 0 Å². The fourth-order valence-electron chi connectivity index (χ4n) is 4.14. The molecule has 0 aliphatic carbocycles. The van der Waals surface area contributed by atoms with E-state index in [2.05, 4.69) is 23.1 Å². The number of rotatable bonds is 3.